The van der Waals surface area contributed by atoms with E-state index >= 15 is 0 Å². The number of rotatable bonds is 5. The van der Waals surface area contributed by atoms with Crippen molar-refractivity contribution in [3.05, 3.63) is 78.4 Å². The van der Waals surface area contributed by atoms with Crippen molar-refractivity contribution < 1.29 is 14.7 Å². The Hall–Kier alpha value is -3.91. The maximum Gasteiger partial charge on any atom is 0.325 e. The first kappa shape index (κ1) is 19.4. The molecule has 4 N–H and O–H groups in total. The quantitative estimate of drug-likeness (QED) is 0.373. The molecule has 0 saturated heterocycles. The standard InChI is InChI=1S/C22H18N4O3S/c27-17-10-11-18-19(13-17)30-22(25-18)26-21(29)24-16-8-6-15(7-9-16)23-20(28)12-14-4-2-1-3-5-14/h1-11,13,27H,12H2,(H,23,28)(H2,24,25,26,29). The number of amides is 3. The van der Waals surface area contributed by atoms with Crippen LogP contribution in [0.4, 0.5) is 21.3 Å². The summed E-state index contributed by atoms with van der Waals surface area (Å²) in [7, 11) is 0. The number of hydrogen-bond donors (Lipinski definition) is 4. The number of benzene rings is 3. The minimum atomic E-state index is -0.431. The van der Waals surface area contributed by atoms with Crippen molar-refractivity contribution >= 4 is 50.0 Å². The fraction of sp³-hybridized carbons (Fsp3) is 0.0455. The fourth-order valence-corrected chi connectivity index (χ4v) is 3.74. The molecular weight excluding hydrogens is 400 g/mol. The minimum absolute atomic E-state index is 0.110. The third-order valence-corrected chi connectivity index (χ3v) is 5.16. The summed E-state index contributed by atoms with van der Waals surface area (Å²) >= 11 is 1.27. The van der Waals surface area contributed by atoms with E-state index in [1.165, 1.54) is 11.3 Å². The molecule has 3 amide bonds. The van der Waals surface area contributed by atoms with E-state index in [2.05, 4.69) is 20.9 Å². The van der Waals surface area contributed by atoms with Gasteiger partial charge in [0.15, 0.2) is 5.13 Å². The summed E-state index contributed by atoms with van der Waals surface area (Å²) in [6.45, 7) is 0. The molecule has 1 heterocycles. The molecule has 0 saturated carbocycles. The normalized spacial score (nSPS) is 10.5. The Morgan fingerprint density at radius 2 is 1.57 bits per heavy atom. The zero-order valence-corrected chi connectivity index (χ0v) is 16.6. The van der Waals surface area contributed by atoms with Crippen molar-refractivity contribution in [1.29, 1.82) is 0 Å². The lowest BCUT2D eigenvalue weighted by Crippen LogP contribution is -2.19. The van der Waals surface area contributed by atoms with Crippen LogP contribution in [0.5, 0.6) is 5.75 Å². The van der Waals surface area contributed by atoms with Crippen LogP contribution in [0.25, 0.3) is 10.2 Å². The van der Waals surface area contributed by atoms with Crippen LogP contribution in [0.15, 0.2) is 72.8 Å². The number of carbonyl (C=O) groups is 2. The maximum atomic E-state index is 12.2. The molecule has 0 unspecified atom stereocenters. The number of aromatic hydroxyl groups is 1. The summed E-state index contributed by atoms with van der Waals surface area (Å²) in [4.78, 5) is 28.7. The number of thiazole rings is 1. The maximum absolute atomic E-state index is 12.2. The lowest BCUT2D eigenvalue weighted by atomic mass is 10.1. The van der Waals surface area contributed by atoms with Gasteiger partial charge in [0.2, 0.25) is 5.91 Å². The summed E-state index contributed by atoms with van der Waals surface area (Å²) < 4.78 is 0.779. The summed E-state index contributed by atoms with van der Waals surface area (Å²) in [6, 6.07) is 20.8. The van der Waals surface area contributed by atoms with E-state index in [1.54, 1.807) is 42.5 Å². The van der Waals surface area contributed by atoms with E-state index in [9.17, 15) is 14.7 Å². The zero-order valence-electron chi connectivity index (χ0n) is 15.8. The van der Waals surface area contributed by atoms with Gasteiger partial charge in [-0.25, -0.2) is 9.78 Å². The molecule has 4 rings (SSSR count). The Bertz CT molecular complexity index is 1190. The van der Waals surface area contributed by atoms with Crippen LogP contribution in [0.2, 0.25) is 0 Å². The molecule has 8 heteroatoms. The Labute approximate surface area is 176 Å². The molecule has 150 valence electrons. The number of fused-ring (bicyclic) bond motifs is 1. The van der Waals surface area contributed by atoms with Crippen LogP contribution in [-0.4, -0.2) is 22.0 Å². The lowest BCUT2D eigenvalue weighted by molar-refractivity contribution is -0.115. The van der Waals surface area contributed by atoms with Crippen LogP contribution >= 0.6 is 11.3 Å². The van der Waals surface area contributed by atoms with Gasteiger partial charge < -0.3 is 15.7 Å². The van der Waals surface area contributed by atoms with Gasteiger partial charge in [0.1, 0.15) is 5.75 Å². The first-order valence-corrected chi connectivity index (χ1v) is 9.98. The lowest BCUT2D eigenvalue weighted by Gasteiger charge is -2.08. The van der Waals surface area contributed by atoms with Crippen molar-refractivity contribution in [2.75, 3.05) is 16.0 Å². The van der Waals surface area contributed by atoms with Crippen LogP contribution in [0.1, 0.15) is 5.56 Å². The SMILES string of the molecule is O=C(Cc1ccccc1)Nc1ccc(NC(=O)Nc2nc3ccc(O)cc3s2)cc1. The number of carbonyl (C=O) groups excluding carboxylic acids is 2. The number of anilines is 3. The number of hydrogen-bond acceptors (Lipinski definition) is 5. The first-order valence-electron chi connectivity index (χ1n) is 9.16. The van der Waals surface area contributed by atoms with Crippen LogP contribution in [0.3, 0.4) is 0 Å². The molecule has 0 aliphatic rings. The molecule has 0 bridgehead atoms. The number of nitrogens with zero attached hydrogens (tertiary/aromatic N) is 1. The molecule has 4 aromatic rings. The highest BCUT2D eigenvalue weighted by Gasteiger charge is 2.09. The van der Waals surface area contributed by atoms with Crippen LogP contribution in [0, 0.1) is 0 Å². The largest absolute Gasteiger partial charge is 0.508 e. The molecule has 0 aliphatic carbocycles. The molecule has 0 atom stereocenters. The number of phenolic OH excluding ortho intramolecular Hbond substituents is 1. The number of nitrogens with one attached hydrogen (secondary N) is 3. The second-order valence-corrected chi connectivity index (χ2v) is 7.57. The molecule has 3 aromatic carbocycles. The van der Waals surface area contributed by atoms with E-state index in [0.29, 0.717) is 28.4 Å². The van der Waals surface area contributed by atoms with E-state index in [0.717, 1.165) is 10.3 Å². The van der Waals surface area contributed by atoms with Crippen molar-refractivity contribution in [2.45, 2.75) is 6.42 Å². The number of urea groups is 1. The molecule has 1 aromatic heterocycles. The molecule has 0 spiro atoms. The van der Waals surface area contributed by atoms with Gasteiger partial charge in [-0.1, -0.05) is 41.7 Å². The highest BCUT2D eigenvalue weighted by molar-refractivity contribution is 7.22. The zero-order chi connectivity index (χ0) is 20.9. The third kappa shape index (κ3) is 4.92. The predicted octanol–water partition coefficient (Wildman–Crippen LogP) is 4.83. The topological polar surface area (TPSA) is 103 Å². The number of aromatic nitrogens is 1. The molecule has 0 aliphatic heterocycles. The van der Waals surface area contributed by atoms with Gasteiger partial charge in [0.25, 0.3) is 0 Å². The fourth-order valence-electron chi connectivity index (χ4n) is 2.85. The first-order chi connectivity index (χ1) is 14.5. The van der Waals surface area contributed by atoms with Gasteiger partial charge in [0.05, 0.1) is 16.6 Å². The molecular formula is C22H18N4O3S. The molecule has 30 heavy (non-hydrogen) atoms. The Morgan fingerprint density at radius 1 is 0.867 bits per heavy atom. The Balaban J connectivity index is 1.32. The van der Waals surface area contributed by atoms with Crippen molar-refractivity contribution in [1.82, 2.24) is 4.98 Å². The van der Waals surface area contributed by atoms with Gasteiger partial charge >= 0.3 is 6.03 Å². The van der Waals surface area contributed by atoms with E-state index < -0.39 is 6.03 Å². The Kier molecular flexibility index (Phi) is 5.58. The van der Waals surface area contributed by atoms with Gasteiger partial charge in [0, 0.05) is 11.4 Å². The smallest absolute Gasteiger partial charge is 0.325 e. The average Bonchev–Trinajstić information content (AvgIpc) is 3.11. The van der Waals surface area contributed by atoms with Gasteiger partial charge in [-0.15, -0.1) is 0 Å². The summed E-state index contributed by atoms with van der Waals surface area (Å²) in [5.74, 6) is 0.0413. The monoisotopic (exact) mass is 418 g/mol. The molecule has 0 fully saturated rings. The Morgan fingerprint density at radius 3 is 2.30 bits per heavy atom. The summed E-state index contributed by atoms with van der Waals surface area (Å²) in [5, 5.41) is 18.2. The minimum Gasteiger partial charge on any atom is -0.508 e. The molecule has 0 radical (unpaired) electrons. The van der Waals surface area contributed by atoms with Gasteiger partial charge in [-0.2, -0.15) is 0 Å². The van der Waals surface area contributed by atoms with Gasteiger partial charge in [-0.3, -0.25) is 10.1 Å². The summed E-state index contributed by atoms with van der Waals surface area (Å²) in [6.07, 6.45) is 0.295. The third-order valence-electron chi connectivity index (χ3n) is 4.23. The second-order valence-electron chi connectivity index (χ2n) is 6.54. The molecule has 7 nitrogen and oxygen atoms in total. The van der Waals surface area contributed by atoms with Gasteiger partial charge in [-0.05, 0) is 48.0 Å². The predicted molar refractivity (Wildman–Crippen MR) is 119 cm³/mol. The summed E-state index contributed by atoms with van der Waals surface area (Å²) in [5.41, 5.74) is 2.86. The van der Waals surface area contributed by atoms with Crippen LogP contribution < -0.4 is 16.0 Å². The van der Waals surface area contributed by atoms with E-state index in [1.807, 2.05) is 30.3 Å². The van der Waals surface area contributed by atoms with E-state index in [-0.39, 0.29) is 11.7 Å². The van der Waals surface area contributed by atoms with Crippen molar-refractivity contribution in [3.8, 4) is 5.75 Å². The van der Waals surface area contributed by atoms with E-state index in [4.69, 9.17) is 0 Å². The highest BCUT2D eigenvalue weighted by Crippen LogP contribution is 2.28. The number of phenols is 1. The average molecular weight is 418 g/mol. The second kappa shape index (κ2) is 8.62. The highest BCUT2D eigenvalue weighted by atomic mass is 32.1. The van der Waals surface area contributed by atoms with Crippen LogP contribution in [-0.2, 0) is 11.2 Å². The van der Waals surface area contributed by atoms with Crippen molar-refractivity contribution in [2.24, 2.45) is 0 Å². The van der Waals surface area contributed by atoms with Crippen molar-refractivity contribution in [3.63, 3.8) is 0 Å².